The minimum atomic E-state index is -0.904. The summed E-state index contributed by atoms with van der Waals surface area (Å²) in [5.41, 5.74) is 0. The molecular weight excluding hydrogens is 274 g/mol. The Balaban J connectivity index is 4.02. The predicted octanol–water partition coefficient (Wildman–Crippen LogP) is -0.525. The lowest BCUT2D eigenvalue weighted by Gasteiger charge is -2.17. The first-order chi connectivity index (χ1) is 10.0. The number of likely N-dealkylation sites (N-methyl/N-ethyl adjacent to an activating group) is 1. The topological polar surface area (TPSA) is 108 Å². The zero-order valence-corrected chi connectivity index (χ0v) is 12.3. The molecule has 0 rings (SSSR count). The lowest BCUT2D eigenvalue weighted by molar-refractivity contribution is -0.136. The average molecular weight is 297 g/mol. The van der Waals surface area contributed by atoms with Crippen LogP contribution in [-0.4, -0.2) is 49.1 Å². The predicted molar refractivity (Wildman–Crippen MR) is 78.4 cm³/mol. The molecule has 2 amide bonds. The zero-order chi connectivity index (χ0) is 16.1. The van der Waals surface area contributed by atoms with Crippen molar-refractivity contribution in [2.45, 2.75) is 38.1 Å². The van der Waals surface area contributed by atoms with E-state index >= 15 is 0 Å². The molecule has 118 valence electrons. The largest absolute Gasteiger partial charge is 0.480 e. The van der Waals surface area contributed by atoms with Gasteiger partial charge in [0.1, 0.15) is 6.04 Å². The first-order valence-electron chi connectivity index (χ1n) is 6.88. The van der Waals surface area contributed by atoms with Crippen molar-refractivity contribution >= 4 is 17.8 Å². The number of unbranched alkanes of at least 4 members (excludes halogenated alkanes) is 1. The Morgan fingerprint density at radius 2 is 2.00 bits per heavy atom. The maximum absolute atomic E-state index is 11.7. The van der Waals surface area contributed by atoms with Gasteiger partial charge in [0.2, 0.25) is 11.8 Å². The maximum Gasteiger partial charge on any atom is 0.317 e. The number of rotatable bonds is 11. The van der Waals surface area contributed by atoms with Gasteiger partial charge in [0.15, 0.2) is 0 Å². The highest BCUT2D eigenvalue weighted by Gasteiger charge is 2.18. The number of carboxylic acids is 1. The molecule has 0 aliphatic rings. The first-order valence-corrected chi connectivity index (χ1v) is 6.88. The molecule has 0 spiro atoms. The summed E-state index contributed by atoms with van der Waals surface area (Å²) in [6.07, 6.45) is 7.53. The van der Waals surface area contributed by atoms with Gasteiger partial charge in [-0.2, -0.15) is 0 Å². The Kier molecular flexibility index (Phi) is 10.6. The maximum atomic E-state index is 11.7. The summed E-state index contributed by atoms with van der Waals surface area (Å²) in [6, 6.07) is -0.584. The fraction of sp³-hybridized carbons (Fsp3) is 0.643. The summed E-state index contributed by atoms with van der Waals surface area (Å²) in [7, 11) is 1.51. The normalized spacial score (nSPS) is 11.2. The van der Waals surface area contributed by atoms with Crippen molar-refractivity contribution in [2.24, 2.45) is 0 Å². The van der Waals surface area contributed by atoms with Crippen LogP contribution < -0.4 is 16.0 Å². The van der Waals surface area contributed by atoms with Crippen molar-refractivity contribution in [3.05, 3.63) is 0 Å². The molecule has 0 aromatic rings. The van der Waals surface area contributed by atoms with Crippen LogP contribution in [0.3, 0.4) is 0 Å². The van der Waals surface area contributed by atoms with Crippen molar-refractivity contribution in [3.63, 3.8) is 0 Å². The summed E-state index contributed by atoms with van der Waals surface area (Å²) in [5.74, 6) is 0.977. The van der Waals surface area contributed by atoms with E-state index in [1.165, 1.54) is 7.05 Å². The van der Waals surface area contributed by atoms with Crippen LogP contribution in [0.2, 0.25) is 0 Å². The van der Waals surface area contributed by atoms with E-state index in [1.807, 2.05) is 0 Å². The zero-order valence-electron chi connectivity index (χ0n) is 12.3. The summed E-state index contributed by atoms with van der Waals surface area (Å²) in [4.78, 5) is 33.5. The molecule has 4 N–H and O–H groups in total. The molecule has 7 nitrogen and oxygen atoms in total. The third-order valence-electron chi connectivity index (χ3n) is 2.77. The molecule has 0 aromatic heterocycles. The van der Waals surface area contributed by atoms with Crippen molar-refractivity contribution < 1.29 is 19.5 Å². The van der Waals surface area contributed by atoms with E-state index in [1.54, 1.807) is 0 Å². The van der Waals surface area contributed by atoms with Gasteiger partial charge in [-0.25, -0.2) is 0 Å². The van der Waals surface area contributed by atoms with E-state index in [0.717, 1.165) is 6.42 Å². The van der Waals surface area contributed by atoms with E-state index in [9.17, 15) is 14.4 Å². The fourth-order valence-electron chi connectivity index (χ4n) is 1.69. The Morgan fingerprint density at radius 1 is 1.29 bits per heavy atom. The van der Waals surface area contributed by atoms with E-state index in [2.05, 4.69) is 21.9 Å². The molecule has 0 bridgehead atoms. The Hall–Kier alpha value is -2.07. The Bertz CT molecular complexity index is 390. The number of carbonyl (C=O) groups is 3. The highest BCUT2D eigenvalue weighted by atomic mass is 16.4. The van der Waals surface area contributed by atoms with Gasteiger partial charge in [-0.15, -0.1) is 12.3 Å². The van der Waals surface area contributed by atoms with Gasteiger partial charge < -0.3 is 21.1 Å². The van der Waals surface area contributed by atoms with Crippen LogP contribution in [0.5, 0.6) is 0 Å². The number of hydrogen-bond acceptors (Lipinski definition) is 4. The van der Waals surface area contributed by atoms with Crippen LogP contribution in [-0.2, 0) is 14.4 Å². The second-order valence-electron chi connectivity index (χ2n) is 4.50. The quantitative estimate of drug-likeness (QED) is 0.303. The molecule has 0 aromatic carbocycles. The van der Waals surface area contributed by atoms with E-state index in [4.69, 9.17) is 11.5 Å². The van der Waals surface area contributed by atoms with Crippen molar-refractivity contribution in [1.29, 1.82) is 0 Å². The van der Waals surface area contributed by atoms with Crippen LogP contribution in [0.15, 0.2) is 0 Å². The number of amides is 2. The van der Waals surface area contributed by atoms with E-state index in [0.29, 0.717) is 25.8 Å². The van der Waals surface area contributed by atoms with Gasteiger partial charge in [-0.1, -0.05) is 0 Å². The van der Waals surface area contributed by atoms with E-state index in [-0.39, 0.29) is 24.8 Å². The Labute approximate surface area is 124 Å². The summed E-state index contributed by atoms with van der Waals surface area (Å²) < 4.78 is 0. The minimum Gasteiger partial charge on any atom is -0.480 e. The highest BCUT2D eigenvalue weighted by molar-refractivity contribution is 5.87. The van der Waals surface area contributed by atoms with Gasteiger partial charge >= 0.3 is 5.97 Å². The number of carbonyl (C=O) groups excluding carboxylic acids is 2. The minimum absolute atomic E-state index is 0.0816. The fourth-order valence-corrected chi connectivity index (χ4v) is 1.69. The molecule has 1 atom stereocenters. The van der Waals surface area contributed by atoms with Crippen LogP contribution in [0.25, 0.3) is 0 Å². The number of terminal acetylenes is 1. The van der Waals surface area contributed by atoms with Crippen LogP contribution in [0.4, 0.5) is 0 Å². The second-order valence-corrected chi connectivity index (χ2v) is 4.50. The molecule has 0 saturated heterocycles. The molecule has 0 saturated carbocycles. The lowest BCUT2D eigenvalue weighted by atomic mass is 10.1. The van der Waals surface area contributed by atoms with Crippen LogP contribution in [0, 0.1) is 12.3 Å². The van der Waals surface area contributed by atoms with Crippen molar-refractivity contribution in [1.82, 2.24) is 16.0 Å². The molecule has 7 heteroatoms. The third-order valence-corrected chi connectivity index (χ3v) is 2.77. The molecule has 0 heterocycles. The van der Waals surface area contributed by atoms with Crippen LogP contribution in [0.1, 0.15) is 32.1 Å². The lowest BCUT2D eigenvalue weighted by Crippen LogP contribution is -2.45. The third kappa shape index (κ3) is 10.4. The number of aliphatic carboxylic acids is 1. The van der Waals surface area contributed by atoms with Gasteiger partial charge in [0.25, 0.3) is 0 Å². The van der Waals surface area contributed by atoms with Crippen molar-refractivity contribution in [2.75, 3.05) is 20.1 Å². The summed E-state index contributed by atoms with van der Waals surface area (Å²) in [6.45, 7) is 0.472. The van der Waals surface area contributed by atoms with Crippen LogP contribution >= 0.6 is 0 Å². The standard InChI is InChI=1S/C14H23N3O4/c1-3-4-8-12(18)17-11(14(21)15-2)7-5-6-9-16-10-13(19)20/h1,11,16H,4-10H2,2H3,(H,15,21)(H,17,18)(H,19,20)/t11-/m1/s1. The summed E-state index contributed by atoms with van der Waals surface area (Å²) in [5, 5.41) is 16.4. The number of hydrogen-bond donors (Lipinski definition) is 4. The SMILES string of the molecule is C#CCCC(=O)N[C@H](CCCCNCC(=O)O)C(=O)NC. The highest BCUT2D eigenvalue weighted by Crippen LogP contribution is 2.02. The Morgan fingerprint density at radius 3 is 2.57 bits per heavy atom. The molecule has 0 radical (unpaired) electrons. The van der Waals surface area contributed by atoms with Gasteiger partial charge in [-0.05, 0) is 25.8 Å². The molecule has 0 fully saturated rings. The van der Waals surface area contributed by atoms with Gasteiger partial charge in [0, 0.05) is 19.9 Å². The second kappa shape index (κ2) is 11.7. The van der Waals surface area contributed by atoms with E-state index < -0.39 is 12.0 Å². The molecular formula is C14H23N3O4. The summed E-state index contributed by atoms with van der Waals surface area (Å²) >= 11 is 0. The number of nitrogens with one attached hydrogen (secondary N) is 3. The monoisotopic (exact) mass is 297 g/mol. The molecule has 0 unspecified atom stereocenters. The molecule has 21 heavy (non-hydrogen) atoms. The first kappa shape index (κ1) is 18.9. The van der Waals surface area contributed by atoms with Crippen molar-refractivity contribution in [3.8, 4) is 12.3 Å². The average Bonchev–Trinajstić information content (AvgIpc) is 2.46. The molecule has 0 aliphatic heterocycles. The molecule has 0 aliphatic carbocycles. The van der Waals surface area contributed by atoms with Gasteiger partial charge in [0.05, 0.1) is 6.54 Å². The van der Waals surface area contributed by atoms with Gasteiger partial charge in [-0.3, -0.25) is 14.4 Å². The smallest absolute Gasteiger partial charge is 0.317 e. The number of carboxylic acid groups (broad SMARTS) is 1.